The Kier molecular flexibility index (Phi) is 2.39. The Morgan fingerprint density at radius 1 is 1.43 bits per heavy atom. The van der Waals surface area contributed by atoms with Crippen molar-refractivity contribution in [1.82, 2.24) is 5.32 Å². The first-order valence-electron chi connectivity index (χ1n) is 4.93. The summed E-state index contributed by atoms with van der Waals surface area (Å²) in [6.07, 6.45) is 1.11. The van der Waals surface area contributed by atoms with Crippen molar-refractivity contribution in [3.63, 3.8) is 0 Å². The van der Waals surface area contributed by atoms with E-state index in [9.17, 15) is 0 Å². The third kappa shape index (κ3) is 1.58. The number of rotatable bonds is 1. The smallest absolute Gasteiger partial charge is 0.130 e. The van der Waals surface area contributed by atoms with E-state index in [-0.39, 0.29) is 0 Å². The van der Waals surface area contributed by atoms with Crippen molar-refractivity contribution >= 4 is 11.5 Å². The zero-order chi connectivity index (χ0) is 9.97. The van der Waals surface area contributed by atoms with Crippen molar-refractivity contribution in [3.05, 3.63) is 29.3 Å². The third-order valence-corrected chi connectivity index (χ3v) is 2.44. The highest BCUT2D eigenvalue weighted by atomic mass is 15.0. The number of aryl methyl sites for hydroxylation is 1. The van der Waals surface area contributed by atoms with Crippen molar-refractivity contribution in [2.24, 2.45) is 4.99 Å². The number of nitrogens with one attached hydrogen (secondary N) is 1. The molecule has 0 radical (unpaired) electrons. The van der Waals surface area contributed by atoms with Gasteiger partial charge in [0.1, 0.15) is 5.84 Å². The maximum atomic E-state index is 5.93. The minimum Gasteiger partial charge on any atom is -0.398 e. The number of amidine groups is 1. The predicted molar refractivity (Wildman–Crippen MR) is 59.6 cm³/mol. The number of hydrogen-bond acceptors (Lipinski definition) is 3. The van der Waals surface area contributed by atoms with E-state index >= 15 is 0 Å². The molecule has 0 saturated carbocycles. The lowest BCUT2D eigenvalue weighted by Crippen LogP contribution is -2.31. The summed E-state index contributed by atoms with van der Waals surface area (Å²) in [5.74, 6) is 0.951. The van der Waals surface area contributed by atoms with Gasteiger partial charge in [-0.2, -0.15) is 0 Å². The lowest BCUT2D eigenvalue weighted by atomic mass is 10.0. The normalized spacial score (nSPS) is 15.9. The predicted octanol–water partition coefficient (Wildman–Crippen LogP) is 1.32. The van der Waals surface area contributed by atoms with Crippen LogP contribution >= 0.6 is 0 Å². The first kappa shape index (κ1) is 9.06. The molecule has 2 rings (SSSR count). The molecule has 3 N–H and O–H groups in total. The Hall–Kier alpha value is -1.51. The van der Waals surface area contributed by atoms with Gasteiger partial charge >= 0.3 is 0 Å². The van der Waals surface area contributed by atoms with Crippen LogP contribution in [0.5, 0.6) is 0 Å². The van der Waals surface area contributed by atoms with Gasteiger partial charge in [-0.25, -0.2) is 0 Å². The molecule has 0 amide bonds. The largest absolute Gasteiger partial charge is 0.398 e. The average Bonchev–Trinajstić information content (AvgIpc) is 2.19. The lowest BCUT2D eigenvalue weighted by Gasteiger charge is -2.17. The van der Waals surface area contributed by atoms with E-state index in [0.717, 1.165) is 36.6 Å². The fourth-order valence-corrected chi connectivity index (χ4v) is 1.71. The molecule has 0 atom stereocenters. The lowest BCUT2D eigenvalue weighted by molar-refractivity contribution is 0.742. The topological polar surface area (TPSA) is 50.4 Å². The quantitative estimate of drug-likeness (QED) is 0.654. The number of hydrogen-bond donors (Lipinski definition) is 2. The van der Waals surface area contributed by atoms with E-state index in [0.29, 0.717) is 0 Å². The number of nitrogens with zero attached hydrogens (tertiary/aromatic N) is 1. The molecule has 0 aromatic heterocycles. The van der Waals surface area contributed by atoms with Crippen LogP contribution in [-0.2, 0) is 0 Å². The van der Waals surface area contributed by atoms with Crippen LogP contribution in [0.25, 0.3) is 0 Å². The number of aliphatic imine (C=N–C) groups is 1. The molecule has 0 saturated heterocycles. The summed E-state index contributed by atoms with van der Waals surface area (Å²) in [4.78, 5) is 4.45. The summed E-state index contributed by atoms with van der Waals surface area (Å²) in [7, 11) is 0. The molecule has 0 spiro atoms. The second-order valence-electron chi connectivity index (χ2n) is 3.55. The number of nitrogens with two attached hydrogens (primary N) is 1. The van der Waals surface area contributed by atoms with Gasteiger partial charge in [-0.15, -0.1) is 0 Å². The van der Waals surface area contributed by atoms with Crippen LogP contribution in [0.1, 0.15) is 17.5 Å². The molecule has 1 heterocycles. The molecule has 3 nitrogen and oxygen atoms in total. The second-order valence-corrected chi connectivity index (χ2v) is 3.55. The van der Waals surface area contributed by atoms with Crippen LogP contribution in [0, 0.1) is 6.92 Å². The molecule has 0 bridgehead atoms. The number of benzene rings is 1. The summed E-state index contributed by atoms with van der Waals surface area (Å²) >= 11 is 0. The van der Waals surface area contributed by atoms with Gasteiger partial charge in [0.2, 0.25) is 0 Å². The standard InChI is InChI=1S/C11H15N3/c1-8-4-2-5-9(12)10(8)11-13-6-3-7-14-11/h2,4-5H,3,6-7,12H2,1H3,(H,13,14). The summed E-state index contributed by atoms with van der Waals surface area (Å²) in [6, 6.07) is 5.95. The van der Waals surface area contributed by atoms with Crippen LogP contribution in [0.3, 0.4) is 0 Å². The number of anilines is 1. The second kappa shape index (κ2) is 3.70. The Balaban J connectivity index is 2.44. The third-order valence-electron chi connectivity index (χ3n) is 2.44. The molecule has 1 aliphatic heterocycles. The van der Waals surface area contributed by atoms with Gasteiger partial charge < -0.3 is 11.1 Å². The van der Waals surface area contributed by atoms with Crippen molar-refractivity contribution in [2.45, 2.75) is 13.3 Å². The zero-order valence-electron chi connectivity index (χ0n) is 8.38. The molecule has 1 aromatic rings. The van der Waals surface area contributed by atoms with Gasteiger partial charge in [0.05, 0.1) is 0 Å². The highest BCUT2D eigenvalue weighted by Gasteiger charge is 2.11. The summed E-state index contributed by atoms with van der Waals surface area (Å²) in [6.45, 7) is 3.95. The molecule has 74 valence electrons. The van der Waals surface area contributed by atoms with Gasteiger partial charge in [0.15, 0.2) is 0 Å². The van der Waals surface area contributed by atoms with Crippen LogP contribution in [0.2, 0.25) is 0 Å². The summed E-state index contributed by atoms with van der Waals surface area (Å²) in [5.41, 5.74) is 8.98. The molecule has 0 fully saturated rings. The van der Waals surface area contributed by atoms with Gasteiger partial charge in [0.25, 0.3) is 0 Å². The number of nitrogen functional groups attached to an aromatic ring is 1. The SMILES string of the molecule is Cc1cccc(N)c1C1=NCCCN1. The van der Waals surface area contributed by atoms with Crippen molar-refractivity contribution in [3.8, 4) is 0 Å². The Bertz CT molecular complexity index is 349. The van der Waals surface area contributed by atoms with E-state index < -0.39 is 0 Å². The van der Waals surface area contributed by atoms with E-state index in [1.165, 1.54) is 5.56 Å². The Morgan fingerprint density at radius 3 is 2.93 bits per heavy atom. The highest BCUT2D eigenvalue weighted by molar-refractivity contribution is 6.04. The monoisotopic (exact) mass is 189 g/mol. The molecule has 1 aliphatic rings. The van der Waals surface area contributed by atoms with Crippen molar-refractivity contribution in [1.29, 1.82) is 0 Å². The Labute approximate surface area is 84.0 Å². The first-order chi connectivity index (χ1) is 6.79. The van der Waals surface area contributed by atoms with E-state index in [1.807, 2.05) is 12.1 Å². The van der Waals surface area contributed by atoms with Gasteiger partial charge in [0, 0.05) is 24.3 Å². The molecule has 14 heavy (non-hydrogen) atoms. The van der Waals surface area contributed by atoms with Crippen LogP contribution in [-0.4, -0.2) is 18.9 Å². The zero-order valence-corrected chi connectivity index (χ0v) is 8.38. The maximum Gasteiger partial charge on any atom is 0.130 e. The van der Waals surface area contributed by atoms with E-state index in [4.69, 9.17) is 5.73 Å². The fourth-order valence-electron chi connectivity index (χ4n) is 1.71. The molecule has 0 aliphatic carbocycles. The van der Waals surface area contributed by atoms with Crippen LogP contribution in [0.15, 0.2) is 23.2 Å². The van der Waals surface area contributed by atoms with Crippen LogP contribution in [0.4, 0.5) is 5.69 Å². The molecule has 3 heteroatoms. The van der Waals surface area contributed by atoms with Gasteiger partial charge in [-0.05, 0) is 25.0 Å². The van der Waals surface area contributed by atoms with Gasteiger partial charge in [-0.3, -0.25) is 4.99 Å². The fraction of sp³-hybridized carbons (Fsp3) is 0.364. The van der Waals surface area contributed by atoms with E-state index in [1.54, 1.807) is 0 Å². The minimum atomic E-state index is 0.804. The Morgan fingerprint density at radius 2 is 2.29 bits per heavy atom. The summed E-state index contributed by atoms with van der Waals surface area (Å²) in [5, 5.41) is 3.29. The summed E-state index contributed by atoms with van der Waals surface area (Å²) < 4.78 is 0. The highest BCUT2D eigenvalue weighted by Crippen LogP contribution is 2.17. The van der Waals surface area contributed by atoms with Crippen molar-refractivity contribution < 1.29 is 0 Å². The minimum absolute atomic E-state index is 0.804. The van der Waals surface area contributed by atoms with Crippen molar-refractivity contribution in [2.75, 3.05) is 18.8 Å². The maximum absolute atomic E-state index is 5.93. The van der Waals surface area contributed by atoms with Gasteiger partial charge in [-0.1, -0.05) is 12.1 Å². The average molecular weight is 189 g/mol. The molecule has 1 aromatic carbocycles. The molecular weight excluding hydrogens is 174 g/mol. The molecular formula is C11H15N3. The van der Waals surface area contributed by atoms with E-state index in [2.05, 4.69) is 23.3 Å². The first-order valence-corrected chi connectivity index (χ1v) is 4.93. The molecule has 0 unspecified atom stereocenters. The van der Waals surface area contributed by atoms with Crippen LogP contribution < -0.4 is 11.1 Å².